The van der Waals surface area contributed by atoms with E-state index in [-0.39, 0.29) is 12.5 Å². The monoisotopic (exact) mass is 111 g/mol. The molecule has 0 aromatic carbocycles. The predicted octanol–water partition coefficient (Wildman–Crippen LogP) is 0.528. The van der Waals surface area contributed by atoms with Crippen molar-refractivity contribution in [2.75, 3.05) is 6.61 Å². The van der Waals surface area contributed by atoms with Crippen molar-refractivity contribution >= 4 is 0 Å². The number of nitrogens with zero attached hydrogens (tertiary/aromatic N) is 1. The van der Waals surface area contributed by atoms with Gasteiger partial charge < -0.3 is 5.11 Å². The lowest BCUT2D eigenvalue weighted by Crippen LogP contribution is -2.24. The second-order valence-corrected chi connectivity index (χ2v) is 2.35. The highest BCUT2D eigenvalue weighted by molar-refractivity contribution is 4.93. The van der Waals surface area contributed by atoms with E-state index in [2.05, 4.69) is 6.07 Å². The van der Waals surface area contributed by atoms with Crippen molar-refractivity contribution in [3.63, 3.8) is 0 Å². The molecule has 8 heavy (non-hydrogen) atoms. The van der Waals surface area contributed by atoms with Gasteiger partial charge >= 0.3 is 0 Å². The van der Waals surface area contributed by atoms with E-state index in [9.17, 15) is 0 Å². The molecule has 2 heteroatoms. The summed E-state index contributed by atoms with van der Waals surface area (Å²) in [5, 5.41) is 16.8. The zero-order valence-electron chi connectivity index (χ0n) is 4.67. The van der Waals surface area contributed by atoms with Gasteiger partial charge in [-0.25, -0.2) is 0 Å². The molecule has 2 nitrogen and oxygen atoms in total. The summed E-state index contributed by atoms with van der Waals surface area (Å²) in [7, 11) is 0. The van der Waals surface area contributed by atoms with E-state index in [4.69, 9.17) is 10.4 Å². The maximum atomic E-state index is 8.49. The molecule has 1 rings (SSSR count). The van der Waals surface area contributed by atoms with Gasteiger partial charge in [0.25, 0.3) is 0 Å². The number of nitriles is 1. The molecule has 1 saturated carbocycles. The van der Waals surface area contributed by atoms with E-state index < -0.39 is 0 Å². The minimum absolute atomic E-state index is 0.243. The molecule has 0 unspecified atom stereocenters. The standard InChI is InChI=1S/C6H9NO/c7-3-5-1-6(2-5)4-8/h5-6,8H,1-2,4H2/t5-,6-. The van der Waals surface area contributed by atoms with Gasteiger partial charge in [-0.3, -0.25) is 0 Å². The van der Waals surface area contributed by atoms with Gasteiger partial charge in [-0.05, 0) is 18.8 Å². The van der Waals surface area contributed by atoms with E-state index in [0.717, 1.165) is 12.8 Å². The van der Waals surface area contributed by atoms with Crippen LogP contribution >= 0.6 is 0 Å². The van der Waals surface area contributed by atoms with Gasteiger partial charge in [-0.1, -0.05) is 0 Å². The summed E-state index contributed by atoms with van der Waals surface area (Å²) < 4.78 is 0. The molecule has 0 saturated heterocycles. The Morgan fingerprint density at radius 2 is 2.25 bits per heavy atom. The smallest absolute Gasteiger partial charge is 0.0656 e. The second-order valence-electron chi connectivity index (χ2n) is 2.35. The summed E-state index contributed by atoms with van der Waals surface area (Å²) in [4.78, 5) is 0. The summed E-state index contributed by atoms with van der Waals surface area (Å²) in [5.74, 6) is 0.673. The van der Waals surface area contributed by atoms with E-state index in [1.165, 1.54) is 0 Å². The number of aliphatic hydroxyl groups is 1. The molecule has 1 aliphatic carbocycles. The number of hydrogen-bond donors (Lipinski definition) is 1. The Balaban J connectivity index is 2.14. The van der Waals surface area contributed by atoms with Gasteiger partial charge in [0.1, 0.15) is 0 Å². The molecule has 0 aromatic heterocycles. The van der Waals surface area contributed by atoms with Crippen LogP contribution < -0.4 is 0 Å². The number of rotatable bonds is 1. The lowest BCUT2D eigenvalue weighted by atomic mass is 9.76. The first-order valence-corrected chi connectivity index (χ1v) is 2.87. The second kappa shape index (κ2) is 2.15. The fourth-order valence-electron chi connectivity index (χ4n) is 0.990. The zero-order valence-corrected chi connectivity index (χ0v) is 4.67. The highest BCUT2D eigenvalue weighted by Crippen LogP contribution is 2.31. The van der Waals surface area contributed by atoms with Gasteiger partial charge in [-0.15, -0.1) is 0 Å². The van der Waals surface area contributed by atoms with Crippen LogP contribution in [0.25, 0.3) is 0 Å². The van der Waals surface area contributed by atoms with E-state index >= 15 is 0 Å². The first-order valence-electron chi connectivity index (χ1n) is 2.87. The number of aliphatic hydroxyl groups excluding tert-OH is 1. The Hall–Kier alpha value is -0.550. The molecule has 1 aliphatic rings. The van der Waals surface area contributed by atoms with Crippen LogP contribution in [0, 0.1) is 23.2 Å². The molecule has 0 amide bonds. The SMILES string of the molecule is N#C[C@H]1C[C@H](CO)C1. The van der Waals surface area contributed by atoms with Crippen LogP contribution in [0.2, 0.25) is 0 Å². The van der Waals surface area contributed by atoms with Crippen molar-refractivity contribution in [1.82, 2.24) is 0 Å². The van der Waals surface area contributed by atoms with Gasteiger partial charge in [0.2, 0.25) is 0 Å². The summed E-state index contributed by atoms with van der Waals surface area (Å²) in [6.45, 7) is 0.262. The summed E-state index contributed by atoms with van der Waals surface area (Å²) in [6, 6.07) is 2.15. The highest BCUT2D eigenvalue weighted by Gasteiger charge is 2.27. The molecule has 0 aromatic rings. The van der Waals surface area contributed by atoms with Crippen LogP contribution in [0.15, 0.2) is 0 Å². The first kappa shape index (κ1) is 5.58. The minimum Gasteiger partial charge on any atom is -0.396 e. The molecule has 0 bridgehead atoms. The van der Waals surface area contributed by atoms with Crippen LogP contribution in [0.1, 0.15) is 12.8 Å². The normalized spacial score (nSPS) is 35.5. The zero-order chi connectivity index (χ0) is 5.98. The highest BCUT2D eigenvalue weighted by atomic mass is 16.3. The first-order chi connectivity index (χ1) is 3.86. The van der Waals surface area contributed by atoms with Gasteiger partial charge in [0.05, 0.1) is 6.07 Å². The summed E-state index contributed by atoms with van der Waals surface area (Å²) >= 11 is 0. The minimum atomic E-state index is 0.243. The quantitative estimate of drug-likeness (QED) is 0.536. The Morgan fingerprint density at radius 1 is 1.62 bits per heavy atom. The van der Waals surface area contributed by atoms with Crippen molar-refractivity contribution in [2.45, 2.75) is 12.8 Å². The van der Waals surface area contributed by atoms with Crippen molar-refractivity contribution < 1.29 is 5.11 Å². The summed E-state index contributed by atoms with van der Waals surface area (Å²) in [5.41, 5.74) is 0. The molecule has 0 heterocycles. The van der Waals surface area contributed by atoms with Crippen molar-refractivity contribution in [3.8, 4) is 6.07 Å². The Kier molecular flexibility index (Phi) is 1.50. The lowest BCUT2D eigenvalue weighted by Gasteiger charge is -2.28. The largest absolute Gasteiger partial charge is 0.396 e. The molecular weight excluding hydrogens is 102 g/mol. The fraction of sp³-hybridized carbons (Fsp3) is 0.833. The van der Waals surface area contributed by atoms with Crippen LogP contribution in [0.5, 0.6) is 0 Å². The van der Waals surface area contributed by atoms with Crippen LogP contribution in [-0.4, -0.2) is 11.7 Å². The third-order valence-corrected chi connectivity index (χ3v) is 1.68. The van der Waals surface area contributed by atoms with Crippen molar-refractivity contribution in [3.05, 3.63) is 0 Å². The van der Waals surface area contributed by atoms with Crippen LogP contribution in [0.3, 0.4) is 0 Å². The molecular formula is C6H9NO. The molecule has 0 radical (unpaired) electrons. The molecule has 0 spiro atoms. The third kappa shape index (κ3) is 0.823. The van der Waals surface area contributed by atoms with Gasteiger partial charge in [-0.2, -0.15) is 5.26 Å². The van der Waals surface area contributed by atoms with E-state index in [0.29, 0.717) is 5.92 Å². The topological polar surface area (TPSA) is 44.0 Å². The number of hydrogen-bond acceptors (Lipinski definition) is 2. The molecule has 1 N–H and O–H groups in total. The maximum Gasteiger partial charge on any atom is 0.0656 e. The predicted molar refractivity (Wildman–Crippen MR) is 28.9 cm³/mol. The average molecular weight is 111 g/mol. The Morgan fingerprint density at radius 3 is 2.62 bits per heavy atom. The van der Waals surface area contributed by atoms with Gasteiger partial charge in [0, 0.05) is 12.5 Å². The average Bonchev–Trinajstić information content (AvgIpc) is 1.65. The molecule has 0 atom stereocenters. The van der Waals surface area contributed by atoms with E-state index in [1.807, 2.05) is 0 Å². The molecule has 44 valence electrons. The van der Waals surface area contributed by atoms with Crippen molar-refractivity contribution in [2.24, 2.45) is 11.8 Å². The fourth-order valence-corrected chi connectivity index (χ4v) is 0.990. The Bertz CT molecular complexity index is 110. The summed E-state index contributed by atoms with van der Waals surface area (Å²) in [6.07, 6.45) is 1.82. The third-order valence-electron chi connectivity index (χ3n) is 1.68. The lowest BCUT2D eigenvalue weighted by molar-refractivity contribution is 0.133. The van der Waals surface area contributed by atoms with Crippen LogP contribution in [0.4, 0.5) is 0 Å². The van der Waals surface area contributed by atoms with Crippen LogP contribution in [-0.2, 0) is 0 Å². The molecule has 0 aliphatic heterocycles. The Labute approximate surface area is 48.7 Å². The maximum absolute atomic E-state index is 8.49. The molecule has 1 fully saturated rings. The van der Waals surface area contributed by atoms with Crippen molar-refractivity contribution in [1.29, 1.82) is 5.26 Å². The van der Waals surface area contributed by atoms with E-state index in [1.54, 1.807) is 0 Å². The van der Waals surface area contributed by atoms with Gasteiger partial charge in [0.15, 0.2) is 0 Å².